The first kappa shape index (κ1) is 64.5. The molecule has 4 rings (SSSR count). The number of carbonyl (C=O) groups excluding carboxylic acids is 8. The number of primary amides is 1. The number of aliphatic hydroxyl groups excluding tert-OH is 2. The van der Waals surface area contributed by atoms with E-state index in [1.807, 2.05) is 71.9 Å². The van der Waals surface area contributed by atoms with Crippen LogP contribution < -0.4 is 43.0 Å². The van der Waals surface area contributed by atoms with Crippen molar-refractivity contribution >= 4 is 47.3 Å². The number of carbonyl (C=O) groups is 8. The smallest absolute Gasteiger partial charge is 0.248 e. The Bertz CT molecular complexity index is 2790. The van der Waals surface area contributed by atoms with Crippen LogP contribution in [0.1, 0.15) is 97.0 Å². The summed E-state index contributed by atoms with van der Waals surface area (Å²) in [6, 6.07) is 11.6. The lowest BCUT2D eigenvalue weighted by Crippen LogP contribution is -2.58. The number of benzene rings is 2. The number of aromatic nitrogens is 2. The topological polar surface area (TPSA) is 308 Å². The predicted molar refractivity (Wildman–Crippen MR) is 295 cm³/mol. The zero-order valence-electron chi connectivity index (χ0n) is 46.5. The van der Waals surface area contributed by atoms with Gasteiger partial charge in [0.05, 0.1) is 37.7 Å². The highest BCUT2D eigenvalue weighted by Gasteiger charge is 2.39. The monoisotopic (exact) mass is 1110 g/mol. The average Bonchev–Trinajstić information content (AvgIpc) is 3.98. The quantitative estimate of drug-likeness (QED) is 0.0257. The van der Waals surface area contributed by atoms with E-state index in [2.05, 4.69) is 48.8 Å². The molecule has 0 saturated carbocycles. The number of nitrogens with one attached hydrogen (secondary N) is 7. The largest absolute Gasteiger partial charge is 0.513 e. The number of aliphatic hydroxyl groups is 2. The molecular weight excluding hydrogens is 1040 g/mol. The van der Waals surface area contributed by atoms with E-state index in [1.54, 1.807) is 29.0 Å². The molecule has 2 heterocycles. The van der Waals surface area contributed by atoms with Crippen molar-refractivity contribution in [3.05, 3.63) is 126 Å². The highest BCUT2D eigenvalue weighted by molar-refractivity contribution is 5.96. The third-order valence-electron chi connectivity index (χ3n) is 12.8. The molecule has 0 aliphatic rings. The molecule has 0 aliphatic carbocycles. The molecule has 0 spiro atoms. The van der Waals surface area contributed by atoms with Gasteiger partial charge in [-0.25, -0.2) is 8.78 Å². The highest BCUT2D eigenvalue weighted by atomic mass is 19.1. The van der Waals surface area contributed by atoms with Crippen LogP contribution in [-0.2, 0) is 51.3 Å². The minimum atomic E-state index is -1.71. The summed E-state index contributed by atoms with van der Waals surface area (Å²) in [6.45, 7) is 14.1. The van der Waals surface area contributed by atoms with Crippen LogP contribution in [0.5, 0.6) is 0 Å². The van der Waals surface area contributed by atoms with Gasteiger partial charge < -0.3 is 62.6 Å². The van der Waals surface area contributed by atoms with Crippen molar-refractivity contribution in [1.82, 2.24) is 51.7 Å². The van der Waals surface area contributed by atoms with E-state index in [1.165, 1.54) is 24.2 Å². The molecule has 21 nitrogen and oxygen atoms in total. The van der Waals surface area contributed by atoms with Crippen molar-refractivity contribution in [2.75, 3.05) is 39.3 Å². The van der Waals surface area contributed by atoms with Crippen molar-refractivity contribution in [3.8, 4) is 11.1 Å². The summed E-state index contributed by atoms with van der Waals surface area (Å²) < 4.78 is 31.9. The number of allylic oxidation sites excluding steroid dienone is 1. The highest BCUT2D eigenvalue weighted by Crippen LogP contribution is 2.41. The Morgan fingerprint density at radius 3 is 2.06 bits per heavy atom. The molecule has 0 fully saturated rings. The Kier molecular flexibility index (Phi) is 24.5. The number of nitrogens with zero attached hydrogens (tertiary/aromatic N) is 3. The molecule has 5 atom stereocenters. The van der Waals surface area contributed by atoms with Gasteiger partial charge in [0.1, 0.15) is 36.4 Å². The molecule has 434 valence electrons. The van der Waals surface area contributed by atoms with Gasteiger partial charge in [-0.15, -0.1) is 0 Å². The van der Waals surface area contributed by atoms with Crippen molar-refractivity contribution in [2.24, 2.45) is 17.1 Å². The maximum atomic E-state index is 15.4. The minimum Gasteiger partial charge on any atom is -0.513 e. The first-order valence-electron chi connectivity index (χ1n) is 26.3. The molecule has 4 aromatic rings. The molecule has 2 unspecified atom stereocenters. The Morgan fingerprint density at radius 1 is 0.762 bits per heavy atom. The van der Waals surface area contributed by atoms with Crippen molar-refractivity contribution in [2.45, 2.75) is 117 Å². The molecule has 23 heteroatoms. The SMILES string of the molecule is C=C(O)CC(C)CC(C)(C)NCC(=O)NCCNC(=O)[C@H](CCN(C(=O)CO)C(c1cc(-c2cc(F)ccc2F)cn1Cc1ccccc1)C(C)(C)C)NC(=O)[C@H](CC(N)=O)NC(=O)[C@@H](C)NC(=O)CNC(=O)Cc1ccncc1. The van der Waals surface area contributed by atoms with E-state index in [0.29, 0.717) is 24.1 Å². The fraction of sp³-hybridized carbons (Fsp3) is 0.456. The zero-order valence-corrected chi connectivity index (χ0v) is 46.5. The molecule has 0 bridgehead atoms. The number of pyridine rings is 1. The number of halogens is 2. The van der Waals surface area contributed by atoms with Gasteiger partial charge in [0, 0.05) is 73.6 Å². The molecule has 11 N–H and O–H groups in total. The van der Waals surface area contributed by atoms with E-state index in [4.69, 9.17) is 5.73 Å². The van der Waals surface area contributed by atoms with Crippen molar-refractivity contribution in [3.63, 3.8) is 0 Å². The first-order valence-corrected chi connectivity index (χ1v) is 26.3. The lowest BCUT2D eigenvalue weighted by molar-refractivity contribution is -0.140. The number of hydrogen-bond acceptors (Lipinski definition) is 12. The maximum Gasteiger partial charge on any atom is 0.248 e. The standard InChI is InChI=1S/C57H77F2N11O10/c1-35(24-36(2)72)29-57(7,8)65-31-49(75)62-21-22-63-54(79)44(67-55(80)45(28-47(60)73)68-53(78)37(3)66-50(76)30-64-48(74)25-38-16-19-61-20-17-38)18-23-70(51(77)34-71)52(56(4,5)6)46-26-40(42-27-41(58)14-15-43(42)59)33-69(46)32-39-12-10-9-11-13-39/h9-17,19-20,26-27,33,35,37,44-45,52,65,71-72H,2,18,21-25,28-32,34H2,1,3-8H3,(H2,60,73)(H,62,75)(H,63,79)(H,64,74)(H,66,76)(H,67,80)(H,68,78)/t35?,37-,44+,45+,52?/m1/s1. The number of nitrogens with two attached hydrogens (primary N) is 1. The summed E-state index contributed by atoms with van der Waals surface area (Å²) in [7, 11) is 0. The van der Waals surface area contributed by atoms with Crippen LogP contribution in [0.4, 0.5) is 8.78 Å². The maximum absolute atomic E-state index is 15.4. The van der Waals surface area contributed by atoms with Crippen molar-refractivity contribution in [1.29, 1.82) is 0 Å². The third kappa shape index (κ3) is 21.3. The van der Waals surface area contributed by atoms with E-state index in [9.17, 15) is 53.0 Å². The van der Waals surface area contributed by atoms with Crippen molar-refractivity contribution < 1.29 is 57.4 Å². The second-order valence-corrected chi connectivity index (χ2v) is 21.5. The molecular formula is C57H77F2N11O10. The van der Waals surface area contributed by atoms with Gasteiger partial charge in [-0.05, 0) is 92.5 Å². The molecule has 0 radical (unpaired) electrons. The molecule has 2 aromatic carbocycles. The average molecular weight is 1110 g/mol. The number of amides is 8. The third-order valence-corrected chi connectivity index (χ3v) is 12.8. The Morgan fingerprint density at radius 2 is 1.43 bits per heavy atom. The van der Waals surface area contributed by atoms with Crippen LogP contribution in [0, 0.1) is 23.0 Å². The van der Waals surface area contributed by atoms with E-state index in [0.717, 1.165) is 23.8 Å². The van der Waals surface area contributed by atoms with Crippen LogP contribution in [0.2, 0.25) is 0 Å². The van der Waals surface area contributed by atoms with E-state index >= 15 is 4.39 Å². The fourth-order valence-corrected chi connectivity index (χ4v) is 9.21. The normalized spacial score (nSPS) is 13.3. The number of rotatable bonds is 31. The van der Waals surface area contributed by atoms with Crippen LogP contribution in [0.3, 0.4) is 0 Å². The van der Waals surface area contributed by atoms with Crippen LogP contribution in [-0.4, -0.2) is 135 Å². The lowest BCUT2D eigenvalue weighted by atomic mass is 9.82. The second-order valence-electron chi connectivity index (χ2n) is 21.5. The van der Waals surface area contributed by atoms with E-state index in [-0.39, 0.29) is 68.4 Å². The van der Waals surface area contributed by atoms with Gasteiger partial charge in [-0.1, -0.05) is 64.6 Å². The Hall–Kier alpha value is -8.05. The summed E-state index contributed by atoms with van der Waals surface area (Å²) in [5.41, 5.74) is 6.33. The van der Waals surface area contributed by atoms with Gasteiger partial charge in [0.25, 0.3) is 0 Å². The van der Waals surface area contributed by atoms with E-state index < -0.39 is 114 Å². The molecule has 0 aliphatic heterocycles. The van der Waals surface area contributed by atoms with Gasteiger partial charge in [0.15, 0.2) is 0 Å². The van der Waals surface area contributed by atoms with Crippen LogP contribution in [0.15, 0.2) is 97.7 Å². The summed E-state index contributed by atoms with van der Waals surface area (Å²) in [5, 5.41) is 38.5. The zero-order chi connectivity index (χ0) is 59.3. The Labute approximate surface area is 465 Å². The summed E-state index contributed by atoms with van der Waals surface area (Å²) in [4.78, 5) is 112. The van der Waals surface area contributed by atoms with Gasteiger partial charge >= 0.3 is 0 Å². The number of hydrogen-bond donors (Lipinski definition) is 10. The van der Waals surface area contributed by atoms with Gasteiger partial charge in [0.2, 0.25) is 47.3 Å². The molecule has 8 amide bonds. The van der Waals surface area contributed by atoms with Gasteiger partial charge in [-0.2, -0.15) is 0 Å². The summed E-state index contributed by atoms with van der Waals surface area (Å²) >= 11 is 0. The summed E-state index contributed by atoms with van der Waals surface area (Å²) in [5.74, 6) is -7.53. The second kappa shape index (κ2) is 30.4. The Balaban J connectivity index is 1.62. The lowest BCUT2D eigenvalue weighted by Gasteiger charge is -2.41. The molecule has 2 aromatic heterocycles. The van der Waals surface area contributed by atoms with Gasteiger partial charge in [-0.3, -0.25) is 43.3 Å². The molecule has 80 heavy (non-hydrogen) atoms. The fourth-order valence-electron chi connectivity index (χ4n) is 9.21. The first-order chi connectivity index (χ1) is 37.7. The predicted octanol–water partition coefficient (Wildman–Crippen LogP) is 2.97. The molecule has 0 saturated heterocycles. The summed E-state index contributed by atoms with van der Waals surface area (Å²) in [6.07, 6.45) is 4.50. The minimum absolute atomic E-state index is 0.0381. The van der Waals surface area contributed by atoms with Crippen LogP contribution in [0.25, 0.3) is 11.1 Å². The van der Waals surface area contributed by atoms with Crippen LogP contribution >= 0.6 is 0 Å².